The van der Waals surface area contributed by atoms with E-state index < -0.39 is 6.09 Å². The van der Waals surface area contributed by atoms with Gasteiger partial charge in [0.05, 0.1) is 6.61 Å². The summed E-state index contributed by atoms with van der Waals surface area (Å²) >= 11 is 0. The van der Waals surface area contributed by atoms with E-state index in [-0.39, 0.29) is 22.8 Å². The molecule has 1 unspecified atom stereocenters. The summed E-state index contributed by atoms with van der Waals surface area (Å²) < 4.78 is 4.98. The zero-order valence-electron chi connectivity index (χ0n) is 12.8. The van der Waals surface area contributed by atoms with Crippen LogP contribution in [-0.4, -0.2) is 41.3 Å². The number of nitrogens with zero attached hydrogens (tertiary/aromatic N) is 1. The highest BCUT2D eigenvalue weighted by Crippen LogP contribution is 2.61. The van der Waals surface area contributed by atoms with E-state index in [1.165, 1.54) is 0 Å². The average Bonchev–Trinajstić information content (AvgIpc) is 2.17. The fraction of sp³-hybridized carbons (Fsp3) is 0.867. The third kappa shape index (κ3) is 2.50. The van der Waals surface area contributed by atoms with E-state index in [1.54, 1.807) is 4.90 Å². The van der Waals surface area contributed by atoms with E-state index in [0.29, 0.717) is 25.5 Å². The topological polar surface area (TPSA) is 66.8 Å². The Morgan fingerprint density at radius 1 is 1.35 bits per heavy atom. The maximum atomic E-state index is 11.5. The number of esters is 1. The Morgan fingerprint density at radius 2 is 1.95 bits per heavy atom. The molecule has 1 N–H and O–H groups in total. The molecule has 1 saturated heterocycles. The third-order valence-electron chi connectivity index (χ3n) is 4.59. The van der Waals surface area contributed by atoms with Crippen molar-refractivity contribution in [3.8, 4) is 0 Å². The lowest BCUT2D eigenvalue weighted by atomic mass is 9.48. The molecular weight excluding hydrogens is 258 g/mol. The number of hydrogen-bond acceptors (Lipinski definition) is 3. The summed E-state index contributed by atoms with van der Waals surface area (Å²) in [5.74, 6) is 0.226. The third-order valence-corrected chi connectivity index (χ3v) is 4.59. The van der Waals surface area contributed by atoms with Gasteiger partial charge in [-0.15, -0.1) is 0 Å². The quantitative estimate of drug-likeness (QED) is 0.809. The molecular formula is C15H25NO4. The molecule has 20 heavy (non-hydrogen) atoms. The molecule has 0 radical (unpaired) electrons. The first-order valence-electron chi connectivity index (χ1n) is 7.35. The molecule has 5 nitrogen and oxygen atoms in total. The van der Waals surface area contributed by atoms with Crippen molar-refractivity contribution >= 4 is 12.1 Å². The summed E-state index contributed by atoms with van der Waals surface area (Å²) in [6.07, 6.45) is 1.53. The summed E-state index contributed by atoms with van der Waals surface area (Å²) in [7, 11) is 0. The predicted octanol–water partition coefficient (Wildman–Crippen LogP) is 2.74. The molecule has 1 heterocycles. The normalized spacial score (nSPS) is 32.5. The Balaban J connectivity index is 1.95. The van der Waals surface area contributed by atoms with Crippen LogP contribution in [0.3, 0.4) is 0 Å². The Morgan fingerprint density at radius 3 is 2.40 bits per heavy atom. The van der Waals surface area contributed by atoms with Crippen LogP contribution in [0.2, 0.25) is 0 Å². The van der Waals surface area contributed by atoms with Gasteiger partial charge in [0.15, 0.2) is 0 Å². The van der Waals surface area contributed by atoms with Gasteiger partial charge >= 0.3 is 12.1 Å². The summed E-state index contributed by atoms with van der Waals surface area (Å²) in [6, 6.07) is 0.0611. The fourth-order valence-electron chi connectivity index (χ4n) is 4.34. The van der Waals surface area contributed by atoms with Crippen molar-refractivity contribution < 1.29 is 19.4 Å². The maximum absolute atomic E-state index is 11.5. The zero-order chi connectivity index (χ0) is 15.1. The lowest BCUT2D eigenvalue weighted by Crippen LogP contribution is -2.74. The van der Waals surface area contributed by atoms with Crippen LogP contribution >= 0.6 is 0 Å². The summed E-state index contributed by atoms with van der Waals surface area (Å²) in [4.78, 5) is 24.3. The fourth-order valence-corrected chi connectivity index (χ4v) is 4.34. The number of ether oxygens (including phenoxy) is 1. The largest absolute Gasteiger partial charge is 0.466 e. The van der Waals surface area contributed by atoms with Crippen LogP contribution in [0.4, 0.5) is 4.79 Å². The maximum Gasteiger partial charge on any atom is 0.407 e. The van der Waals surface area contributed by atoms with Gasteiger partial charge in [-0.25, -0.2) is 4.79 Å². The molecule has 2 fully saturated rings. The van der Waals surface area contributed by atoms with Gasteiger partial charge in [-0.1, -0.05) is 20.8 Å². The molecule has 2 rings (SSSR count). The average molecular weight is 283 g/mol. The van der Waals surface area contributed by atoms with Crippen molar-refractivity contribution in [3.63, 3.8) is 0 Å². The molecule has 1 aliphatic heterocycles. The van der Waals surface area contributed by atoms with Gasteiger partial charge in [0.2, 0.25) is 0 Å². The van der Waals surface area contributed by atoms with Gasteiger partial charge in [0, 0.05) is 24.4 Å². The number of amides is 1. The van der Waals surface area contributed by atoms with Crippen molar-refractivity contribution in [1.82, 2.24) is 4.90 Å². The van der Waals surface area contributed by atoms with Crippen LogP contribution in [0.5, 0.6) is 0 Å². The molecule has 1 atom stereocenters. The summed E-state index contributed by atoms with van der Waals surface area (Å²) in [5.41, 5.74) is 0.0271. The second-order valence-corrected chi connectivity index (χ2v) is 7.32. The van der Waals surface area contributed by atoms with Crippen LogP contribution < -0.4 is 0 Å². The molecule has 0 aromatic carbocycles. The van der Waals surface area contributed by atoms with Crippen LogP contribution in [0.1, 0.15) is 47.0 Å². The molecule has 1 amide bonds. The Bertz CT molecular complexity index is 407. The smallest absolute Gasteiger partial charge is 0.407 e. The van der Waals surface area contributed by atoms with E-state index >= 15 is 0 Å². The Kier molecular flexibility index (Phi) is 3.73. The highest BCUT2D eigenvalue weighted by molar-refractivity contribution is 5.70. The Labute approximate surface area is 120 Å². The van der Waals surface area contributed by atoms with Crippen molar-refractivity contribution in [1.29, 1.82) is 0 Å². The van der Waals surface area contributed by atoms with Crippen molar-refractivity contribution in [3.05, 3.63) is 0 Å². The van der Waals surface area contributed by atoms with Gasteiger partial charge in [-0.3, -0.25) is 4.79 Å². The minimum Gasteiger partial charge on any atom is -0.466 e. The van der Waals surface area contributed by atoms with Gasteiger partial charge in [0.1, 0.15) is 0 Å². The van der Waals surface area contributed by atoms with E-state index in [9.17, 15) is 14.7 Å². The van der Waals surface area contributed by atoms with Crippen LogP contribution in [0, 0.1) is 16.7 Å². The number of hydrogen-bond donors (Lipinski definition) is 1. The van der Waals surface area contributed by atoms with Crippen LogP contribution in [0.25, 0.3) is 0 Å². The monoisotopic (exact) mass is 283 g/mol. The predicted molar refractivity (Wildman–Crippen MR) is 74.4 cm³/mol. The molecule has 0 aromatic heterocycles. The highest BCUT2D eigenvalue weighted by Gasteiger charge is 2.64. The number of carbonyl (C=O) groups excluding carboxylic acids is 1. The number of carbonyl (C=O) groups is 2. The van der Waals surface area contributed by atoms with Crippen molar-refractivity contribution in [2.24, 2.45) is 16.7 Å². The first-order valence-corrected chi connectivity index (χ1v) is 7.35. The number of carboxylic acid groups (broad SMARTS) is 1. The lowest BCUT2D eigenvalue weighted by molar-refractivity contribution is -0.179. The molecule has 1 saturated carbocycles. The molecule has 5 heteroatoms. The molecule has 114 valence electrons. The van der Waals surface area contributed by atoms with Crippen LogP contribution in [0.15, 0.2) is 0 Å². The Hall–Kier alpha value is -1.26. The van der Waals surface area contributed by atoms with E-state index in [1.807, 2.05) is 6.92 Å². The standard InChI is InChI=1S/C15H25NO4/c1-5-20-11(17)6-10-7-15(8-10)9-16(13(18)19)12(15)14(2,3)4/h10,12H,5-9H2,1-4H3,(H,18,19). The minimum absolute atomic E-state index is 0.0611. The van der Waals surface area contributed by atoms with Crippen molar-refractivity contribution in [2.45, 2.75) is 53.0 Å². The van der Waals surface area contributed by atoms with E-state index in [4.69, 9.17) is 4.74 Å². The molecule has 1 spiro atoms. The number of rotatable bonds is 3. The molecule has 0 bridgehead atoms. The first-order chi connectivity index (χ1) is 9.19. The zero-order valence-corrected chi connectivity index (χ0v) is 12.8. The SMILES string of the molecule is CCOC(=O)CC1CC2(C1)CN(C(=O)O)C2C(C)(C)C. The number of likely N-dealkylation sites (tertiary alicyclic amines) is 1. The minimum atomic E-state index is -0.829. The van der Waals surface area contributed by atoms with E-state index in [0.717, 1.165) is 12.8 Å². The second-order valence-electron chi connectivity index (χ2n) is 7.32. The molecule has 2 aliphatic rings. The van der Waals surface area contributed by atoms with Crippen LogP contribution in [-0.2, 0) is 9.53 Å². The second kappa shape index (κ2) is 4.93. The van der Waals surface area contributed by atoms with Crippen molar-refractivity contribution in [2.75, 3.05) is 13.2 Å². The van der Waals surface area contributed by atoms with E-state index in [2.05, 4.69) is 20.8 Å². The van der Waals surface area contributed by atoms with Gasteiger partial charge < -0.3 is 14.7 Å². The van der Waals surface area contributed by atoms with Gasteiger partial charge in [0.25, 0.3) is 0 Å². The van der Waals surface area contributed by atoms with Gasteiger partial charge in [-0.2, -0.15) is 0 Å². The molecule has 1 aliphatic carbocycles. The first kappa shape index (κ1) is 15.1. The molecule has 0 aromatic rings. The highest BCUT2D eigenvalue weighted by atomic mass is 16.5. The lowest BCUT2D eigenvalue weighted by Gasteiger charge is -2.67. The summed E-state index contributed by atoms with van der Waals surface area (Å²) in [6.45, 7) is 9.12. The summed E-state index contributed by atoms with van der Waals surface area (Å²) in [5, 5.41) is 9.25. The van der Waals surface area contributed by atoms with Gasteiger partial charge in [-0.05, 0) is 31.1 Å².